The van der Waals surface area contributed by atoms with Crippen LogP contribution >= 0.6 is 0 Å². The van der Waals surface area contributed by atoms with Crippen molar-refractivity contribution in [3.8, 4) is 0 Å². The van der Waals surface area contributed by atoms with Crippen LogP contribution in [-0.4, -0.2) is 42.1 Å². The van der Waals surface area contributed by atoms with Crippen molar-refractivity contribution in [1.82, 2.24) is 8.87 Å². The fourth-order valence-corrected chi connectivity index (χ4v) is 4.41. The number of halogens is 1. The van der Waals surface area contributed by atoms with Crippen molar-refractivity contribution in [3.63, 3.8) is 0 Å². The number of aliphatic hydroxyl groups is 1. The van der Waals surface area contributed by atoms with Gasteiger partial charge in [0, 0.05) is 38.0 Å². The minimum Gasteiger partial charge on any atom is -0.396 e. The Morgan fingerprint density at radius 2 is 1.81 bits per heavy atom. The van der Waals surface area contributed by atoms with Crippen molar-refractivity contribution in [3.05, 3.63) is 66.6 Å². The summed E-state index contributed by atoms with van der Waals surface area (Å²) in [5, 5.41) is 10.5. The van der Waals surface area contributed by atoms with Crippen LogP contribution in [0.3, 0.4) is 0 Å². The molecule has 7 heteroatoms. The molecule has 0 aliphatic heterocycles. The molecule has 0 saturated carbocycles. The Balaban J connectivity index is 1.90. The lowest BCUT2D eigenvalue weighted by Crippen LogP contribution is -2.40. The van der Waals surface area contributed by atoms with Crippen LogP contribution in [0.2, 0.25) is 0 Å². The van der Waals surface area contributed by atoms with E-state index in [0.717, 1.165) is 23.0 Å². The fourth-order valence-electron chi connectivity index (χ4n) is 3.03. The van der Waals surface area contributed by atoms with Crippen LogP contribution in [-0.2, 0) is 16.6 Å². The SMILES string of the molecule is CN([C@H](CCO)Cn1ccc2ccccc21)S(=O)(=O)c1ccc(F)cc1. The van der Waals surface area contributed by atoms with Gasteiger partial charge in [-0.2, -0.15) is 4.31 Å². The lowest BCUT2D eigenvalue weighted by molar-refractivity contribution is 0.227. The first kappa shape index (κ1) is 18.6. The molecule has 0 aliphatic carbocycles. The van der Waals surface area contributed by atoms with Crippen LogP contribution in [0, 0.1) is 5.82 Å². The highest BCUT2D eigenvalue weighted by Crippen LogP contribution is 2.22. The monoisotopic (exact) mass is 376 g/mol. The molecule has 1 aromatic heterocycles. The molecule has 3 aromatic rings. The van der Waals surface area contributed by atoms with E-state index in [1.54, 1.807) is 0 Å². The third-order valence-corrected chi connectivity index (χ3v) is 6.48. The van der Waals surface area contributed by atoms with Crippen molar-refractivity contribution in [1.29, 1.82) is 0 Å². The number of sulfonamides is 1. The predicted molar refractivity (Wildman–Crippen MR) is 98.8 cm³/mol. The summed E-state index contributed by atoms with van der Waals surface area (Å²) in [6.07, 6.45) is 2.21. The van der Waals surface area contributed by atoms with Gasteiger partial charge < -0.3 is 9.67 Å². The third-order valence-electron chi connectivity index (χ3n) is 4.55. The molecule has 0 radical (unpaired) electrons. The van der Waals surface area contributed by atoms with Crippen molar-refractivity contribution < 1.29 is 17.9 Å². The van der Waals surface area contributed by atoms with Gasteiger partial charge in [-0.25, -0.2) is 12.8 Å². The summed E-state index contributed by atoms with van der Waals surface area (Å²) in [5.74, 6) is -0.489. The Bertz CT molecular complexity index is 983. The standard InChI is InChI=1S/C19H21FN2O3S/c1-21(26(24,25)18-8-6-16(20)7-9-18)17(11-13-23)14-22-12-10-15-4-2-3-5-19(15)22/h2-10,12,17,23H,11,13-14H2,1H3/t17-/m1/s1. The molecule has 0 saturated heterocycles. The molecule has 0 amide bonds. The highest BCUT2D eigenvalue weighted by atomic mass is 32.2. The predicted octanol–water partition coefficient (Wildman–Crippen LogP) is 2.85. The number of benzene rings is 2. The minimum absolute atomic E-state index is 0.0294. The van der Waals surface area contributed by atoms with Crippen molar-refractivity contribution in [2.24, 2.45) is 0 Å². The molecule has 1 N–H and O–H groups in total. The van der Waals surface area contributed by atoms with Crippen LogP contribution in [0.5, 0.6) is 0 Å². The Morgan fingerprint density at radius 1 is 1.12 bits per heavy atom. The number of fused-ring (bicyclic) bond motifs is 1. The molecular formula is C19H21FN2O3S. The first-order chi connectivity index (χ1) is 12.4. The van der Waals surface area contributed by atoms with E-state index in [1.807, 2.05) is 41.1 Å². The van der Waals surface area contributed by atoms with E-state index in [4.69, 9.17) is 0 Å². The number of aliphatic hydroxyl groups excluding tert-OH is 1. The third kappa shape index (κ3) is 3.65. The lowest BCUT2D eigenvalue weighted by Gasteiger charge is -2.28. The van der Waals surface area contributed by atoms with E-state index < -0.39 is 21.9 Å². The van der Waals surface area contributed by atoms with Crippen LogP contribution in [0.25, 0.3) is 10.9 Å². The summed E-state index contributed by atoms with van der Waals surface area (Å²) < 4.78 is 42.1. The molecule has 0 fully saturated rings. The molecule has 0 unspecified atom stereocenters. The van der Waals surface area contributed by atoms with Gasteiger partial charge in [0.1, 0.15) is 5.82 Å². The second-order valence-corrected chi connectivity index (χ2v) is 8.17. The lowest BCUT2D eigenvalue weighted by atomic mass is 10.2. The van der Waals surface area contributed by atoms with Gasteiger partial charge in [0.15, 0.2) is 0 Å². The topological polar surface area (TPSA) is 62.5 Å². The maximum atomic E-state index is 13.1. The number of hydrogen-bond acceptors (Lipinski definition) is 3. The van der Waals surface area contributed by atoms with E-state index in [2.05, 4.69) is 0 Å². The average molecular weight is 376 g/mol. The zero-order valence-electron chi connectivity index (χ0n) is 14.4. The fraction of sp³-hybridized carbons (Fsp3) is 0.263. The molecule has 1 heterocycles. The summed E-state index contributed by atoms with van der Waals surface area (Å²) in [5.41, 5.74) is 1.00. The van der Waals surface area contributed by atoms with Gasteiger partial charge in [0.2, 0.25) is 10.0 Å². The molecule has 0 aliphatic rings. The molecular weight excluding hydrogens is 355 g/mol. The number of aromatic nitrogens is 1. The van der Waals surface area contributed by atoms with E-state index in [9.17, 15) is 17.9 Å². The average Bonchev–Trinajstić information content (AvgIpc) is 3.04. The first-order valence-corrected chi connectivity index (χ1v) is 9.76. The number of likely N-dealkylation sites (N-methyl/N-ethyl adjacent to an activating group) is 1. The Kier molecular flexibility index (Phi) is 5.41. The van der Waals surface area contributed by atoms with Crippen LogP contribution < -0.4 is 0 Å². The number of para-hydroxylation sites is 1. The summed E-state index contributed by atoms with van der Waals surface area (Å²) in [7, 11) is -2.30. The van der Waals surface area contributed by atoms with E-state index in [1.165, 1.54) is 23.5 Å². The van der Waals surface area contributed by atoms with Crippen molar-refractivity contribution in [2.75, 3.05) is 13.7 Å². The van der Waals surface area contributed by atoms with E-state index in [0.29, 0.717) is 13.0 Å². The maximum absolute atomic E-state index is 13.1. The van der Waals surface area contributed by atoms with Gasteiger partial charge in [-0.15, -0.1) is 0 Å². The highest BCUT2D eigenvalue weighted by Gasteiger charge is 2.28. The van der Waals surface area contributed by atoms with E-state index in [-0.39, 0.29) is 11.5 Å². The van der Waals surface area contributed by atoms with Gasteiger partial charge in [-0.3, -0.25) is 0 Å². The summed E-state index contributed by atoms with van der Waals surface area (Å²) >= 11 is 0. The van der Waals surface area contributed by atoms with Crippen molar-refractivity contribution in [2.45, 2.75) is 23.9 Å². The Labute approximate surface area is 152 Å². The summed E-state index contributed by atoms with van der Waals surface area (Å²) in [6.45, 7) is 0.276. The van der Waals surface area contributed by atoms with Gasteiger partial charge in [0.25, 0.3) is 0 Å². The van der Waals surface area contributed by atoms with Crippen LogP contribution in [0.1, 0.15) is 6.42 Å². The van der Waals surface area contributed by atoms with Gasteiger partial charge in [0.05, 0.1) is 4.90 Å². The largest absolute Gasteiger partial charge is 0.396 e. The first-order valence-electron chi connectivity index (χ1n) is 8.32. The summed E-state index contributed by atoms with van der Waals surface area (Å²) in [6, 6.07) is 14.1. The zero-order chi connectivity index (χ0) is 18.7. The molecule has 26 heavy (non-hydrogen) atoms. The molecule has 3 rings (SSSR count). The molecule has 1 atom stereocenters. The van der Waals surface area contributed by atoms with Gasteiger partial charge in [-0.05, 0) is 48.2 Å². The highest BCUT2D eigenvalue weighted by molar-refractivity contribution is 7.89. The molecule has 0 spiro atoms. The summed E-state index contributed by atoms with van der Waals surface area (Å²) in [4.78, 5) is 0.0294. The maximum Gasteiger partial charge on any atom is 0.243 e. The molecule has 2 aromatic carbocycles. The molecule has 5 nitrogen and oxygen atoms in total. The molecule has 138 valence electrons. The quantitative estimate of drug-likeness (QED) is 0.690. The smallest absolute Gasteiger partial charge is 0.243 e. The number of nitrogens with zero attached hydrogens (tertiary/aromatic N) is 2. The number of hydrogen-bond donors (Lipinski definition) is 1. The Morgan fingerprint density at radius 3 is 2.50 bits per heavy atom. The van der Waals surface area contributed by atoms with Crippen LogP contribution in [0.4, 0.5) is 4.39 Å². The van der Waals surface area contributed by atoms with E-state index >= 15 is 0 Å². The van der Waals surface area contributed by atoms with Crippen LogP contribution in [0.15, 0.2) is 65.7 Å². The second kappa shape index (κ2) is 7.57. The van der Waals surface area contributed by atoms with Crippen molar-refractivity contribution >= 4 is 20.9 Å². The van der Waals surface area contributed by atoms with Gasteiger partial charge >= 0.3 is 0 Å². The zero-order valence-corrected chi connectivity index (χ0v) is 15.2. The normalized spacial score (nSPS) is 13.4. The minimum atomic E-state index is -3.79. The second-order valence-electron chi connectivity index (χ2n) is 6.17. The van der Waals surface area contributed by atoms with Gasteiger partial charge in [-0.1, -0.05) is 18.2 Å². The molecule has 0 bridgehead atoms. The number of rotatable bonds is 7. The Hall–Kier alpha value is -2.22.